The summed E-state index contributed by atoms with van der Waals surface area (Å²) in [5, 5.41) is 0. The van der Waals surface area contributed by atoms with Crippen LogP contribution >= 0.6 is 0 Å². The summed E-state index contributed by atoms with van der Waals surface area (Å²) < 4.78 is 0. The summed E-state index contributed by atoms with van der Waals surface area (Å²) in [5.74, 6) is 1.78. The van der Waals surface area contributed by atoms with Crippen molar-refractivity contribution in [3.63, 3.8) is 0 Å². The molecule has 0 unspecified atom stereocenters. The van der Waals surface area contributed by atoms with Crippen molar-refractivity contribution >= 4 is 11.8 Å². The molecule has 1 fully saturated rings. The van der Waals surface area contributed by atoms with Crippen LogP contribution < -0.4 is 9.80 Å². The van der Waals surface area contributed by atoms with Gasteiger partial charge in [-0.15, -0.1) is 0 Å². The topological polar surface area (TPSA) is 48.4 Å². The van der Waals surface area contributed by atoms with Crippen LogP contribution in [0.2, 0.25) is 0 Å². The first-order valence-electron chi connectivity index (χ1n) is 10.2. The average Bonchev–Trinajstić information content (AvgIpc) is 2.79. The summed E-state index contributed by atoms with van der Waals surface area (Å²) in [7, 11) is 4.24. The van der Waals surface area contributed by atoms with Crippen molar-refractivity contribution in [3.8, 4) is 11.3 Å². The Morgan fingerprint density at radius 3 is 2.38 bits per heavy atom. The number of nitrogens with zero attached hydrogens (tertiary/aromatic N) is 6. The van der Waals surface area contributed by atoms with E-state index in [1.807, 2.05) is 18.5 Å². The maximum atomic E-state index is 4.93. The van der Waals surface area contributed by atoms with Crippen LogP contribution in [0.15, 0.2) is 60.9 Å². The van der Waals surface area contributed by atoms with Crippen LogP contribution in [0.3, 0.4) is 0 Å². The molecule has 1 saturated heterocycles. The van der Waals surface area contributed by atoms with Gasteiger partial charge >= 0.3 is 0 Å². The van der Waals surface area contributed by atoms with Gasteiger partial charge in [-0.2, -0.15) is 4.98 Å². The standard InChI is InChI=1S/C23H28N6/c1-27-14-16-29(17-15-27)22-18-21(20-6-4-3-5-7-20)25-23(26-22)28(2)13-10-19-8-11-24-12-9-19/h3-9,11-12,18H,10,13-17H2,1-2H3. The number of aromatic nitrogens is 3. The Balaban J connectivity index is 1.60. The molecule has 6 heteroatoms. The fourth-order valence-electron chi connectivity index (χ4n) is 3.49. The Labute approximate surface area is 172 Å². The zero-order valence-corrected chi connectivity index (χ0v) is 17.2. The molecule has 1 aliphatic rings. The highest BCUT2D eigenvalue weighted by atomic mass is 15.3. The molecule has 0 bridgehead atoms. The van der Waals surface area contributed by atoms with Crippen LogP contribution in [-0.4, -0.2) is 66.7 Å². The fourth-order valence-corrected chi connectivity index (χ4v) is 3.49. The molecule has 0 atom stereocenters. The predicted molar refractivity (Wildman–Crippen MR) is 118 cm³/mol. The molecule has 4 rings (SSSR count). The number of pyridine rings is 1. The van der Waals surface area contributed by atoms with E-state index in [1.165, 1.54) is 5.56 Å². The van der Waals surface area contributed by atoms with E-state index < -0.39 is 0 Å². The number of likely N-dealkylation sites (N-methyl/N-ethyl adjacent to an activating group) is 2. The second-order valence-corrected chi connectivity index (χ2v) is 7.59. The lowest BCUT2D eigenvalue weighted by Crippen LogP contribution is -2.45. The van der Waals surface area contributed by atoms with E-state index in [-0.39, 0.29) is 0 Å². The van der Waals surface area contributed by atoms with Gasteiger partial charge in [0.15, 0.2) is 0 Å². The normalized spacial score (nSPS) is 14.8. The second-order valence-electron chi connectivity index (χ2n) is 7.59. The van der Waals surface area contributed by atoms with E-state index in [0.29, 0.717) is 0 Å². The van der Waals surface area contributed by atoms with Gasteiger partial charge in [-0.1, -0.05) is 30.3 Å². The van der Waals surface area contributed by atoms with Crippen LogP contribution in [0.4, 0.5) is 11.8 Å². The maximum Gasteiger partial charge on any atom is 0.227 e. The molecule has 0 aliphatic carbocycles. The van der Waals surface area contributed by atoms with Gasteiger partial charge in [-0.3, -0.25) is 4.98 Å². The van der Waals surface area contributed by atoms with E-state index >= 15 is 0 Å². The van der Waals surface area contributed by atoms with Crippen molar-refractivity contribution in [1.29, 1.82) is 0 Å². The van der Waals surface area contributed by atoms with Gasteiger partial charge in [0.05, 0.1) is 5.69 Å². The molecule has 0 radical (unpaired) electrons. The number of piperazine rings is 1. The molecule has 1 aliphatic heterocycles. The Morgan fingerprint density at radius 1 is 0.931 bits per heavy atom. The van der Waals surface area contributed by atoms with Crippen LogP contribution in [-0.2, 0) is 6.42 Å². The highest BCUT2D eigenvalue weighted by Gasteiger charge is 2.18. The summed E-state index contributed by atoms with van der Waals surface area (Å²) in [5.41, 5.74) is 3.36. The molecule has 150 valence electrons. The van der Waals surface area contributed by atoms with E-state index in [9.17, 15) is 0 Å². The number of anilines is 2. The van der Waals surface area contributed by atoms with Gasteiger partial charge in [0.2, 0.25) is 5.95 Å². The first-order chi connectivity index (χ1) is 14.2. The first-order valence-corrected chi connectivity index (χ1v) is 10.2. The number of hydrogen-bond donors (Lipinski definition) is 0. The first kappa shape index (κ1) is 19.3. The minimum atomic E-state index is 0.773. The molecule has 0 N–H and O–H groups in total. The van der Waals surface area contributed by atoms with Crippen molar-refractivity contribution < 1.29 is 0 Å². The fraction of sp³-hybridized carbons (Fsp3) is 0.348. The number of rotatable bonds is 6. The average molecular weight is 389 g/mol. The smallest absolute Gasteiger partial charge is 0.227 e. The molecule has 3 heterocycles. The van der Waals surface area contributed by atoms with Gasteiger partial charge in [-0.05, 0) is 31.2 Å². The Morgan fingerprint density at radius 2 is 1.66 bits per heavy atom. The van der Waals surface area contributed by atoms with Gasteiger partial charge in [-0.25, -0.2) is 4.98 Å². The van der Waals surface area contributed by atoms with Crippen LogP contribution in [0.5, 0.6) is 0 Å². The zero-order valence-electron chi connectivity index (χ0n) is 17.2. The molecule has 0 spiro atoms. The SMILES string of the molecule is CN1CCN(c2cc(-c3ccccc3)nc(N(C)CCc3ccncc3)n2)CC1. The minimum Gasteiger partial charge on any atom is -0.354 e. The predicted octanol–water partition coefficient (Wildman–Crippen LogP) is 2.97. The largest absolute Gasteiger partial charge is 0.354 e. The Bertz CT molecular complexity index is 907. The summed E-state index contributed by atoms with van der Waals surface area (Å²) in [4.78, 5) is 20.8. The molecule has 1 aromatic carbocycles. The maximum absolute atomic E-state index is 4.93. The van der Waals surface area contributed by atoms with Crippen LogP contribution in [0.1, 0.15) is 5.56 Å². The van der Waals surface area contributed by atoms with Crippen LogP contribution in [0.25, 0.3) is 11.3 Å². The third-order valence-corrected chi connectivity index (χ3v) is 5.42. The van der Waals surface area contributed by atoms with Gasteiger partial charge in [0, 0.05) is 63.8 Å². The van der Waals surface area contributed by atoms with E-state index in [2.05, 4.69) is 76.2 Å². The molecule has 2 aromatic heterocycles. The van der Waals surface area contributed by atoms with Gasteiger partial charge in [0.1, 0.15) is 5.82 Å². The lowest BCUT2D eigenvalue weighted by molar-refractivity contribution is 0.312. The van der Waals surface area contributed by atoms with Crippen molar-refractivity contribution in [2.75, 3.05) is 56.6 Å². The Hall–Kier alpha value is -2.99. The van der Waals surface area contributed by atoms with E-state index in [4.69, 9.17) is 9.97 Å². The highest BCUT2D eigenvalue weighted by molar-refractivity contribution is 5.65. The summed E-state index contributed by atoms with van der Waals surface area (Å²) in [6.45, 7) is 4.93. The quantitative estimate of drug-likeness (QED) is 0.647. The van der Waals surface area contributed by atoms with E-state index in [0.717, 1.165) is 62.2 Å². The highest BCUT2D eigenvalue weighted by Crippen LogP contribution is 2.25. The number of benzene rings is 1. The van der Waals surface area contributed by atoms with Crippen molar-refractivity contribution in [3.05, 3.63) is 66.5 Å². The lowest BCUT2D eigenvalue weighted by Gasteiger charge is -2.33. The van der Waals surface area contributed by atoms with Crippen LogP contribution in [0, 0.1) is 0 Å². The third kappa shape index (κ3) is 4.90. The number of hydrogen-bond acceptors (Lipinski definition) is 6. The minimum absolute atomic E-state index is 0.773. The van der Waals surface area contributed by atoms with E-state index in [1.54, 1.807) is 0 Å². The van der Waals surface area contributed by atoms with Gasteiger partial charge in [0.25, 0.3) is 0 Å². The molecule has 29 heavy (non-hydrogen) atoms. The molecule has 0 saturated carbocycles. The van der Waals surface area contributed by atoms with Gasteiger partial charge < -0.3 is 14.7 Å². The Kier molecular flexibility index (Phi) is 6.00. The lowest BCUT2D eigenvalue weighted by atomic mass is 10.1. The molecule has 0 amide bonds. The second kappa shape index (κ2) is 9.01. The molecule has 3 aromatic rings. The molecule has 6 nitrogen and oxygen atoms in total. The molecular weight excluding hydrogens is 360 g/mol. The van der Waals surface area contributed by atoms with Crippen molar-refractivity contribution in [2.24, 2.45) is 0 Å². The van der Waals surface area contributed by atoms with Crippen molar-refractivity contribution in [2.45, 2.75) is 6.42 Å². The van der Waals surface area contributed by atoms with Crippen molar-refractivity contribution in [1.82, 2.24) is 19.9 Å². The summed E-state index contributed by atoms with van der Waals surface area (Å²) in [6.07, 6.45) is 4.61. The monoisotopic (exact) mass is 388 g/mol. The third-order valence-electron chi connectivity index (χ3n) is 5.42. The molecular formula is C23H28N6. The summed E-state index contributed by atoms with van der Waals surface area (Å²) >= 11 is 0. The zero-order chi connectivity index (χ0) is 20.1. The summed E-state index contributed by atoms with van der Waals surface area (Å²) in [6, 6.07) is 16.6.